The molecule has 0 spiro atoms. The molecule has 0 aromatic heterocycles. The molecule has 2 aromatic rings. The van der Waals surface area contributed by atoms with E-state index in [1.165, 1.54) is 0 Å². The van der Waals surface area contributed by atoms with Crippen molar-refractivity contribution in [2.24, 2.45) is 5.92 Å². The average molecular weight is 684 g/mol. The molecule has 1 saturated heterocycles. The van der Waals surface area contributed by atoms with Gasteiger partial charge in [-0.15, -0.1) is 0 Å². The Bertz CT molecular complexity index is 1460. The van der Waals surface area contributed by atoms with Crippen LogP contribution in [0.15, 0.2) is 30.3 Å². The first-order valence-electron chi connectivity index (χ1n) is 15.4. The van der Waals surface area contributed by atoms with Gasteiger partial charge in [0, 0.05) is 24.9 Å². The minimum Gasteiger partial charge on any atom is -0.485 e. The zero-order chi connectivity index (χ0) is 35.8. The van der Waals surface area contributed by atoms with Crippen molar-refractivity contribution in [1.29, 1.82) is 0 Å². The lowest BCUT2D eigenvalue weighted by molar-refractivity contribution is -0.147. The Kier molecular flexibility index (Phi) is 13.3. The van der Waals surface area contributed by atoms with E-state index < -0.39 is 84.0 Å². The predicted molar refractivity (Wildman–Crippen MR) is 165 cm³/mol. The molecule has 15 heteroatoms. The Morgan fingerprint density at radius 3 is 2.31 bits per heavy atom. The third-order valence-electron chi connectivity index (χ3n) is 7.26. The number of nitrogens with one attached hydrogen (secondary N) is 2. The number of rotatable bonds is 11. The van der Waals surface area contributed by atoms with Gasteiger partial charge in [-0.3, -0.25) is 19.2 Å². The predicted octanol–water partition coefficient (Wildman–Crippen LogP) is 3.61. The zero-order valence-electron chi connectivity index (χ0n) is 27.4. The van der Waals surface area contributed by atoms with Crippen LogP contribution in [0, 0.1) is 29.2 Å². The standard InChI is InChI=1S/C33H41F4N3O8/c1-18(2)16-47-26(42)14-23(24(41)17-48-29-27(36)20(34)13-21(35)28(29)37)39-30(43)25-15-40(11-8-12-46-25)32(45)31(44)38-22-10-7-6-9-19(22)33(3,4)5/h6-7,9-10,13,18,23-25,41H,8,11-12,14-17H2,1-5H3,(H,38,44)(H,39,43)/t23-,24?,25-/m0/s1. The Morgan fingerprint density at radius 2 is 1.69 bits per heavy atom. The highest BCUT2D eigenvalue weighted by molar-refractivity contribution is 6.39. The Labute approximate surface area is 275 Å². The second kappa shape index (κ2) is 16.7. The van der Waals surface area contributed by atoms with Crippen LogP contribution in [-0.2, 0) is 34.1 Å². The second-order valence-electron chi connectivity index (χ2n) is 12.8. The summed E-state index contributed by atoms with van der Waals surface area (Å²) in [6.45, 7) is 8.14. The van der Waals surface area contributed by atoms with Crippen molar-refractivity contribution in [2.45, 2.75) is 71.1 Å². The van der Waals surface area contributed by atoms with Crippen LogP contribution in [0.5, 0.6) is 5.75 Å². The van der Waals surface area contributed by atoms with E-state index in [1.807, 2.05) is 32.9 Å². The van der Waals surface area contributed by atoms with Gasteiger partial charge in [-0.05, 0) is 29.4 Å². The van der Waals surface area contributed by atoms with Crippen LogP contribution >= 0.6 is 0 Å². The van der Waals surface area contributed by atoms with E-state index in [0.717, 1.165) is 10.5 Å². The number of carbonyl (C=O) groups is 4. The Hall–Kier alpha value is -4.24. The van der Waals surface area contributed by atoms with Crippen molar-refractivity contribution in [3.05, 3.63) is 59.2 Å². The van der Waals surface area contributed by atoms with E-state index in [0.29, 0.717) is 5.69 Å². The SMILES string of the molecule is CC(C)COC(=O)C[C@H](NC(=O)[C@@H]1CN(C(=O)C(=O)Nc2ccccc2C(C)(C)C)CCCO1)C(O)COc1c(F)c(F)cc(F)c1F. The number of hydrogen-bond acceptors (Lipinski definition) is 8. The lowest BCUT2D eigenvalue weighted by Crippen LogP contribution is -2.53. The fourth-order valence-electron chi connectivity index (χ4n) is 4.75. The molecule has 1 heterocycles. The minimum absolute atomic E-state index is 0.0101. The number of ether oxygens (including phenoxy) is 3. The van der Waals surface area contributed by atoms with Gasteiger partial charge in [0.1, 0.15) is 12.7 Å². The van der Waals surface area contributed by atoms with Crippen LogP contribution in [0.4, 0.5) is 23.2 Å². The number of hydrogen-bond donors (Lipinski definition) is 3. The number of nitrogens with zero attached hydrogens (tertiary/aromatic N) is 1. The van der Waals surface area contributed by atoms with E-state index in [4.69, 9.17) is 14.2 Å². The number of halogens is 4. The summed E-state index contributed by atoms with van der Waals surface area (Å²) in [5, 5.41) is 15.9. The largest absolute Gasteiger partial charge is 0.485 e. The van der Waals surface area contributed by atoms with Gasteiger partial charge in [0.2, 0.25) is 11.6 Å². The lowest BCUT2D eigenvalue weighted by atomic mass is 9.86. The smallest absolute Gasteiger partial charge is 0.313 e. The molecule has 3 N–H and O–H groups in total. The van der Waals surface area contributed by atoms with Crippen molar-refractivity contribution in [3.63, 3.8) is 0 Å². The molecule has 1 unspecified atom stereocenters. The molecular formula is C33H41F4N3O8. The normalized spacial score (nSPS) is 16.5. The van der Waals surface area contributed by atoms with Crippen LogP contribution in [0.2, 0.25) is 0 Å². The number of anilines is 1. The number of aliphatic hydroxyl groups is 1. The van der Waals surface area contributed by atoms with E-state index in [9.17, 15) is 41.8 Å². The van der Waals surface area contributed by atoms with Gasteiger partial charge in [0.15, 0.2) is 23.5 Å². The van der Waals surface area contributed by atoms with Gasteiger partial charge in [-0.1, -0.05) is 52.8 Å². The molecule has 3 amide bonds. The molecule has 264 valence electrons. The molecule has 2 aromatic carbocycles. The quantitative estimate of drug-likeness (QED) is 0.141. The summed E-state index contributed by atoms with van der Waals surface area (Å²) < 4.78 is 71.1. The number of carbonyl (C=O) groups excluding carboxylic acids is 4. The van der Waals surface area contributed by atoms with E-state index in [2.05, 4.69) is 10.6 Å². The summed E-state index contributed by atoms with van der Waals surface area (Å²) >= 11 is 0. The molecule has 0 bridgehead atoms. The number of para-hydroxylation sites is 1. The molecule has 3 rings (SSSR count). The van der Waals surface area contributed by atoms with Crippen LogP contribution in [-0.4, -0.2) is 84.9 Å². The van der Waals surface area contributed by atoms with Crippen molar-refractivity contribution in [3.8, 4) is 5.75 Å². The molecule has 3 atom stereocenters. The first kappa shape index (κ1) is 38.2. The number of aliphatic hydroxyl groups excluding tert-OH is 1. The molecule has 48 heavy (non-hydrogen) atoms. The molecule has 11 nitrogen and oxygen atoms in total. The van der Waals surface area contributed by atoms with Crippen LogP contribution in [0.3, 0.4) is 0 Å². The summed E-state index contributed by atoms with van der Waals surface area (Å²) in [4.78, 5) is 53.3. The van der Waals surface area contributed by atoms with Crippen molar-refractivity contribution < 1.29 is 56.1 Å². The van der Waals surface area contributed by atoms with Gasteiger partial charge in [0.25, 0.3) is 5.91 Å². The summed E-state index contributed by atoms with van der Waals surface area (Å²) in [5.41, 5.74) is 0.916. The first-order chi connectivity index (χ1) is 22.5. The monoisotopic (exact) mass is 683 g/mol. The van der Waals surface area contributed by atoms with Gasteiger partial charge < -0.3 is 34.9 Å². The zero-order valence-corrected chi connectivity index (χ0v) is 27.4. The minimum atomic E-state index is -1.86. The molecule has 1 aliphatic heterocycles. The van der Waals surface area contributed by atoms with Crippen molar-refractivity contribution >= 4 is 29.4 Å². The molecule has 1 fully saturated rings. The van der Waals surface area contributed by atoms with E-state index in [1.54, 1.807) is 26.0 Å². The topological polar surface area (TPSA) is 144 Å². The van der Waals surface area contributed by atoms with Crippen LogP contribution in [0.25, 0.3) is 0 Å². The average Bonchev–Trinajstić information content (AvgIpc) is 3.28. The highest BCUT2D eigenvalue weighted by Crippen LogP contribution is 2.29. The summed E-state index contributed by atoms with van der Waals surface area (Å²) in [6, 6.07) is 5.51. The third-order valence-corrected chi connectivity index (χ3v) is 7.26. The number of benzene rings is 2. The Morgan fingerprint density at radius 1 is 1.04 bits per heavy atom. The molecule has 1 aliphatic rings. The maximum atomic E-state index is 14.1. The summed E-state index contributed by atoms with van der Waals surface area (Å²) in [5.74, 6) is -12.3. The van der Waals surface area contributed by atoms with Crippen molar-refractivity contribution in [1.82, 2.24) is 10.2 Å². The number of esters is 1. The fourth-order valence-corrected chi connectivity index (χ4v) is 4.75. The molecule has 0 radical (unpaired) electrons. The maximum Gasteiger partial charge on any atom is 0.313 e. The third kappa shape index (κ3) is 10.4. The summed E-state index contributed by atoms with van der Waals surface area (Å²) in [7, 11) is 0. The highest BCUT2D eigenvalue weighted by Gasteiger charge is 2.34. The van der Waals surface area contributed by atoms with Crippen LogP contribution in [0.1, 0.15) is 53.0 Å². The molecule has 0 aliphatic carbocycles. The van der Waals surface area contributed by atoms with Gasteiger partial charge >= 0.3 is 17.8 Å². The van der Waals surface area contributed by atoms with Gasteiger partial charge in [-0.2, -0.15) is 8.78 Å². The molecular weight excluding hydrogens is 642 g/mol. The number of amides is 3. The molecule has 0 saturated carbocycles. The fraction of sp³-hybridized carbons (Fsp3) is 0.515. The van der Waals surface area contributed by atoms with Gasteiger partial charge in [0.05, 0.1) is 25.6 Å². The van der Waals surface area contributed by atoms with E-state index >= 15 is 0 Å². The van der Waals surface area contributed by atoms with E-state index in [-0.39, 0.29) is 50.1 Å². The van der Waals surface area contributed by atoms with Crippen molar-refractivity contribution in [2.75, 3.05) is 38.2 Å². The van der Waals surface area contributed by atoms with Crippen LogP contribution < -0.4 is 15.4 Å². The maximum absolute atomic E-state index is 14.1. The van der Waals surface area contributed by atoms with Gasteiger partial charge in [-0.25, -0.2) is 8.78 Å². The second-order valence-corrected chi connectivity index (χ2v) is 12.8. The Balaban J connectivity index is 1.74. The highest BCUT2D eigenvalue weighted by atomic mass is 19.2. The first-order valence-corrected chi connectivity index (χ1v) is 15.4. The summed E-state index contributed by atoms with van der Waals surface area (Å²) in [6.07, 6.45) is -3.58. The lowest BCUT2D eigenvalue weighted by Gasteiger charge is -2.28.